The summed E-state index contributed by atoms with van der Waals surface area (Å²) in [7, 11) is 1.69. The van der Waals surface area contributed by atoms with Crippen molar-refractivity contribution in [1.82, 2.24) is 9.97 Å². The normalized spacial score (nSPS) is 19.8. The number of anilines is 1. The van der Waals surface area contributed by atoms with Gasteiger partial charge in [0.25, 0.3) is 0 Å². The van der Waals surface area contributed by atoms with E-state index in [0.717, 1.165) is 31.9 Å². The van der Waals surface area contributed by atoms with Crippen LogP contribution in [0, 0.1) is 5.92 Å². The molecule has 0 aliphatic carbocycles. The van der Waals surface area contributed by atoms with Crippen molar-refractivity contribution in [1.29, 1.82) is 0 Å². The van der Waals surface area contributed by atoms with E-state index in [1.54, 1.807) is 19.5 Å². The molecule has 1 aliphatic heterocycles. The molecule has 0 saturated carbocycles. The molecule has 0 aromatic carbocycles. The number of rotatable bonds is 6. The van der Waals surface area contributed by atoms with Crippen molar-refractivity contribution in [2.75, 3.05) is 44.9 Å². The Morgan fingerprint density at radius 2 is 2.35 bits per heavy atom. The van der Waals surface area contributed by atoms with Gasteiger partial charge in [0.05, 0.1) is 26.0 Å². The molecule has 1 unspecified atom stereocenters. The number of ether oxygens (including phenoxy) is 2. The first-order valence-corrected chi connectivity index (χ1v) is 5.98. The SMILES string of the molecule is COCCOCC1CCN(c2cnccn2)C1. The van der Waals surface area contributed by atoms with Crippen LogP contribution in [0.1, 0.15) is 6.42 Å². The van der Waals surface area contributed by atoms with Crippen molar-refractivity contribution in [3.8, 4) is 0 Å². The van der Waals surface area contributed by atoms with Crippen molar-refractivity contribution >= 4 is 5.82 Å². The Labute approximate surface area is 102 Å². The molecule has 1 aromatic rings. The van der Waals surface area contributed by atoms with Crippen molar-refractivity contribution < 1.29 is 9.47 Å². The van der Waals surface area contributed by atoms with Crippen LogP contribution in [0.25, 0.3) is 0 Å². The van der Waals surface area contributed by atoms with E-state index in [4.69, 9.17) is 9.47 Å². The van der Waals surface area contributed by atoms with E-state index in [1.165, 1.54) is 0 Å². The lowest BCUT2D eigenvalue weighted by Gasteiger charge is -2.16. The minimum absolute atomic E-state index is 0.592. The van der Waals surface area contributed by atoms with Gasteiger partial charge in [-0.05, 0) is 6.42 Å². The Morgan fingerprint density at radius 3 is 3.12 bits per heavy atom. The van der Waals surface area contributed by atoms with Crippen LogP contribution in [-0.2, 0) is 9.47 Å². The number of nitrogens with zero attached hydrogens (tertiary/aromatic N) is 3. The molecule has 0 N–H and O–H groups in total. The summed E-state index contributed by atoms with van der Waals surface area (Å²) in [5, 5.41) is 0. The van der Waals surface area contributed by atoms with Crippen LogP contribution in [0.15, 0.2) is 18.6 Å². The highest BCUT2D eigenvalue weighted by Gasteiger charge is 2.23. The zero-order valence-electron chi connectivity index (χ0n) is 10.2. The van der Waals surface area contributed by atoms with Crippen LogP contribution in [0.3, 0.4) is 0 Å². The Kier molecular flexibility index (Phi) is 4.70. The van der Waals surface area contributed by atoms with E-state index >= 15 is 0 Å². The molecule has 1 atom stereocenters. The summed E-state index contributed by atoms with van der Waals surface area (Å²) < 4.78 is 10.5. The lowest BCUT2D eigenvalue weighted by atomic mass is 10.1. The molecule has 0 amide bonds. The quantitative estimate of drug-likeness (QED) is 0.690. The fourth-order valence-electron chi connectivity index (χ4n) is 2.02. The zero-order chi connectivity index (χ0) is 11.9. The van der Waals surface area contributed by atoms with E-state index in [0.29, 0.717) is 19.1 Å². The number of aromatic nitrogens is 2. The lowest BCUT2D eigenvalue weighted by molar-refractivity contribution is 0.0549. The highest BCUT2D eigenvalue weighted by Crippen LogP contribution is 2.21. The first-order valence-electron chi connectivity index (χ1n) is 5.98. The third kappa shape index (κ3) is 3.64. The summed E-state index contributed by atoms with van der Waals surface area (Å²) in [4.78, 5) is 10.7. The summed E-state index contributed by atoms with van der Waals surface area (Å²) in [6, 6.07) is 0. The summed E-state index contributed by atoms with van der Waals surface area (Å²) in [5.74, 6) is 1.56. The summed E-state index contributed by atoms with van der Waals surface area (Å²) >= 11 is 0. The molecular weight excluding hydrogens is 218 g/mol. The molecule has 1 fully saturated rings. The molecule has 2 heterocycles. The van der Waals surface area contributed by atoms with Crippen molar-refractivity contribution in [3.63, 3.8) is 0 Å². The van der Waals surface area contributed by atoms with E-state index in [9.17, 15) is 0 Å². The molecular formula is C12H19N3O2. The highest BCUT2D eigenvalue weighted by molar-refractivity contribution is 5.36. The van der Waals surface area contributed by atoms with E-state index in [1.807, 2.05) is 6.20 Å². The monoisotopic (exact) mass is 237 g/mol. The van der Waals surface area contributed by atoms with Crippen LogP contribution in [0.2, 0.25) is 0 Å². The van der Waals surface area contributed by atoms with Crippen LogP contribution in [-0.4, -0.2) is 50.0 Å². The van der Waals surface area contributed by atoms with E-state index in [-0.39, 0.29) is 0 Å². The number of hydrogen-bond acceptors (Lipinski definition) is 5. The first kappa shape index (κ1) is 12.3. The van der Waals surface area contributed by atoms with Crippen molar-refractivity contribution in [2.24, 2.45) is 5.92 Å². The lowest BCUT2D eigenvalue weighted by Crippen LogP contribution is -2.22. The second-order valence-electron chi connectivity index (χ2n) is 4.23. The van der Waals surface area contributed by atoms with Crippen LogP contribution < -0.4 is 4.90 Å². The molecule has 17 heavy (non-hydrogen) atoms. The number of hydrogen-bond donors (Lipinski definition) is 0. The van der Waals surface area contributed by atoms with Gasteiger partial charge in [-0.15, -0.1) is 0 Å². The maximum Gasteiger partial charge on any atom is 0.147 e. The Hall–Kier alpha value is -1.20. The summed E-state index contributed by atoms with van der Waals surface area (Å²) in [6.45, 7) is 4.20. The van der Waals surface area contributed by atoms with Gasteiger partial charge in [-0.3, -0.25) is 4.98 Å². The summed E-state index contributed by atoms with van der Waals surface area (Å²) in [5.41, 5.74) is 0. The third-order valence-corrected chi connectivity index (χ3v) is 2.94. The minimum Gasteiger partial charge on any atom is -0.382 e. The van der Waals surface area contributed by atoms with Gasteiger partial charge in [0.1, 0.15) is 5.82 Å². The second-order valence-corrected chi connectivity index (χ2v) is 4.23. The molecule has 94 valence electrons. The average Bonchev–Trinajstić information content (AvgIpc) is 2.85. The fourth-order valence-corrected chi connectivity index (χ4v) is 2.02. The topological polar surface area (TPSA) is 47.5 Å². The van der Waals surface area contributed by atoms with Crippen molar-refractivity contribution in [2.45, 2.75) is 6.42 Å². The molecule has 0 spiro atoms. The zero-order valence-corrected chi connectivity index (χ0v) is 10.2. The third-order valence-electron chi connectivity index (χ3n) is 2.94. The maximum absolute atomic E-state index is 5.55. The second kappa shape index (κ2) is 6.51. The average molecular weight is 237 g/mol. The maximum atomic E-state index is 5.55. The van der Waals surface area contributed by atoms with E-state index in [2.05, 4.69) is 14.9 Å². The molecule has 1 saturated heterocycles. The molecule has 5 nitrogen and oxygen atoms in total. The van der Waals surface area contributed by atoms with Gasteiger partial charge < -0.3 is 14.4 Å². The minimum atomic E-state index is 0.592. The highest BCUT2D eigenvalue weighted by atomic mass is 16.5. The fraction of sp³-hybridized carbons (Fsp3) is 0.667. The van der Waals surface area contributed by atoms with Gasteiger partial charge in [0.15, 0.2) is 0 Å². The summed E-state index contributed by atoms with van der Waals surface area (Å²) in [6.07, 6.45) is 6.40. The van der Waals surface area contributed by atoms with Gasteiger partial charge in [-0.25, -0.2) is 4.98 Å². The van der Waals surface area contributed by atoms with Crippen molar-refractivity contribution in [3.05, 3.63) is 18.6 Å². The first-order chi connectivity index (χ1) is 8.40. The van der Waals surface area contributed by atoms with Crippen LogP contribution in [0.5, 0.6) is 0 Å². The Balaban J connectivity index is 1.72. The van der Waals surface area contributed by atoms with Gasteiger partial charge in [0, 0.05) is 38.5 Å². The molecule has 0 bridgehead atoms. The largest absolute Gasteiger partial charge is 0.382 e. The van der Waals surface area contributed by atoms with E-state index < -0.39 is 0 Å². The molecule has 2 rings (SSSR count). The van der Waals surface area contributed by atoms with Gasteiger partial charge in [-0.1, -0.05) is 0 Å². The predicted octanol–water partition coefficient (Wildman–Crippen LogP) is 0.966. The Bertz CT molecular complexity index is 321. The molecule has 5 heteroatoms. The predicted molar refractivity (Wildman–Crippen MR) is 65.0 cm³/mol. The Morgan fingerprint density at radius 1 is 1.41 bits per heavy atom. The molecule has 1 aliphatic rings. The molecule has 1 aromatic heterocycles. The smallest absolute Gasteiger partial charge is 0.147 e. The van der Waals surface area contributed by atoms with Gasteiger partial charge in [-0.2, -0.15) is 0 Å². The van der Waals surface area contributed by atoms with Gasteiger partial charge >= 0.3 is 0 Å². The van der Waals surface area contributed by atoms with Crippen LogP contribution >= 0.6 is 0 Å². The van der Waals surface area contributed by atoms with Gasteiger partial charge in [0.2, 0.25) is 0 Å². The molecule has 0 radical (unpaired) electrons. The van der Waals surface area contributed by atoms with Crippen LogP contribution in [0.4, 0.5) is 5.82 Å². The standard InChI is InChI=1S/C12H19N3O2/c1-16-6-7-17-10-11-2-5-15(9-11)12-8-13-3-4-14-12/h3-4,8,11H,2,5-7,9-10H2,1H3. The number of methoxy groups -OCH3 is 1.